The van der Waals surface area contributed by atoms with E-state index >= 15 is 0 Å². The SMILES string of the molecule is C.Cc1ccc(-c2ccccc2)cc1.Cc1cccc(C)c1. The van der Waals surface area contributed by atoms with Gasteiger partial charge in [0.1, 0.15) is 0 Å². The lowest BCUT2D eigenvalue weighted by Gasteiger charge is -2.00. The Bertz CT molecular complexity index is 647. The average Bonchev–Trinajstić information content (AvgIpc) is 2.49. The molecule has 3 aromatic carbocycles. The van der Waals surface area contributed by atoms with Crippen LogP contribution in [-0.2, 0) is 0 Å². The summed E-state index contributed by atoms with van der Waals surface area (Å²) in [6.07, 6.45) is 0. The molecular weight excluding hydrogens is 264 g/mol. The molecule has 0 aliphatic rings. The maximum atomic E-state index is 2.17. The van der Waals surface area contributed by atoms with Crippen molar-refractivity contribution >= 4 is 0 Å². The molecule has 3 rings (SSSR count). The molecule has 0 N–H and O–H groups in total. The predicted octanol–water partition coefficient (Wildman–Crippen LogP) is 6.60. The number of hydrogen-bond donors (Lipinski definition) is 0. The second kappa shape index (κ2) is 8.84. The summed E-state index contributed by atoms with van der Waals surface area (Å²) in [5.74, 6) is 0. The number of hydrogen-bond acceptors (Lipinski definition) is 0. The lowest BCUT2D eigenvalue weighted by Crippen LogP contribution is -1.76. The van der Waals surface area contributed by atoms with Crippen molar-refractivity contribution in [2.24, 2.45) is 0 Å². The van der Waals surface area contributed by atoms with Crippen LogP contribution >= 0.6 is 0 Å². The van der Waals surface area contributed by atoms with E-state index in [0.717, 1.165) is 0 Å². The Kier molecular flexibility index (Phi) is 7.12. The minimum atomic E-state index is 0. The summed E-state index contributed by atoms with van der Waals surface area (Å²) in [4.78, 5) is 0. The highest BCUT2D eigenvalue weighted by atomic mass is 14.0. The number of aryl methyl sites for hydroxylation is 3. The molecule has 3 aromatic rings. The molecule has 0 aliphatic carbocycles. The molecule has 0 heterocycles. The summed E-state index contributed by atoms with van der Waals surface area (Å²) in [5, 5.41) is 0. The summed E-state index contributed by atoms with van der Waals surface area (Å²) >= 11 is 0. The third kappa shape index (κ3) is 5.57. The zero-order chi connectivity index (χ0) is 15.1. The molecule has 0 atom stereocenters. The quantitative estimate of drug-likeness (QED) is 0.473. The van der Waals surface area contributed by atoms with E-state index in [1.54, 1.807) is 0 Å². The number of benzene rings is 3. The van der Waals surface area contributed by atoms with Gasteiger partial charge in [-0.3, -0.25) is 0 Å². The van der Waals surface area contributed by atoms with Crippen LogP contribution in [0, 0.1) is 20.8 Å². The van der Waals surface area contributed by atoms with Crippen LogP contribution in [0.4, 0.5) is 0 Å². The van der Waals surface area contributed by atoms with E-state index in [2.05, 4.69) is 93.6 Å². The smallest absolute Gasteiger partial charge is 0.0184 e. The highest BCUT2D eigenvalue weighted by molar-refractivity contribution is 5.63. The highest BCUT2D eigenvalue weighted by Gasteiger charge is 1.93. The Morgan fingerprint density at radius 1 is 0.455 bits per heavy atom. The van der Waals surface area contributed by atoms with Gasteiger partial charge in [0, 0.05) is 0 Å². The molecule has 0 saturated heterocycles. The van der Waals surface area contributed by atoms with Gasteiger partial charge in [-0.15, -0.1) is 0 Å². The van der Waals surface area contributed by atoms with Gasteiger partial charge in [0.25, 0.3) is 0 Å². The Labute approximate surface area is 135 Å². The Morgan fingerprint density at radius 2 is 0.955 bits per heavy atom. The monoisotopic (exact) mass is 290 g/mol. The average molecular weight is 290 g/mol. The zero-order valence-electron chi connectivity index (χ0n) is 13.0. The van der Waals surface area contributed by atoms with Crippen molar-refractivity contribution in [3.63, 3.8) is 0 Å². The summed E-state index contributed by atoms with van der Waals surface area (Å²) < 4.78 is 0. The first kappa shape index (κ1) is 17.7. The summed E-state index contributed by atoms with van der Waals surface area (Å²) in [7, 11) is 0. The van der Waals surface area contributed by atoms with Gasteiger partial charge in [0.15, 0.2) is 0 Å². The van der Waals surface area contributed by atoms with Crippen LogP contribution in [0.15, 0.2) is 78.9 Å². The second-order valence-corrected chi connectivity index (χ2v) is 5.39. The lowest BCUT2D eigenvalue weighted by atomic mass is 10.0. The highest BCUT2D eigenvalue weighted by Crippen LogP contribution is 2.18. The van der Waals surface area contributed by atoms with Crippen molar-refractivity contribution in [1.82, 2.24) is 0 Å². The molecule has 0 unspecified atom stereocenters. The van der Waals surface area contributed by atoms with Crippen molar-refractivity contribution in [2.45, 2.75) is 28.2 Å². The lowest BCUT2D eigenvalue weighted by molar-refractivity contribution is 1.39. The van der Waals surface area contributed by atoms with E-state index in [1.165, 1.54) is 27.8 Å². The van der Waals surface area contributed by atoms with Gasteiger partial charge in [0.2, 0.25) is 0 Å². The maximum absolute atomic E-state index is 2.17. The van der Waals surface area contributed by atoms with Crippen LogP contribution in [0.3, 0.4) is 0 Å². The molecule has 0 bridgehead atoms. The Hall–Kier alpha value is -2.34. The van der Waals surface area contributed by atoms with E-state index in [9.17, 15) is 0 Å². The van der Waals surface area contributed by atoms with Crippen LogP contribution in [0.1, 0.15) is 24.1 Å². The van der Waals surface area contributed by atoms with Crippen molar-refractivity contribution in [3.8, 4) is 11.1 Å². The summed E-state index contributed by atoms with van der Waals surface area (Å²) in [6.45, 7) is 6.31. The van der Waals surface area contributed by atoms with E-state index in [4.69, 9.17) is 0 Å². The van der Waals surface area contributed by atoms with Crippen LogP contribution in [0.25, 0.3) is 11.1 Å². The van der Waals surface area contributed by atoms with E-state index < -0.39 is 0 Å². The van der Waals surface area contributed by atoms with Crippen molar-refractivity contribution < 1.29 is 0 Å². The molecule has 0 amide bonds. The first-order chi connectivity index (χ1) is 10.1. The fourth-order valence-corrected chi connectivity index (χ4v) is 2.18. The van der Waals surface area contributed by atoms with Crippen molar-refractivity contribution in [1.29, 1.82) is 0 Å². The molecule has 0 heteroatoms. The maximum Gasteiger partial charge on any atom is -0.0184 e. The van der Waals surface area contributed by atoms with Crippen LogP contribution in [0.2, 0.25) is 0 Å². The van der Waals surface area contributed by atoms with Gasteiger partial charge in [-0.1, -0.05) is 103 Å². The van der Waals surface area contributed by atoms with Gasteiger partial charge >= 0.3 is 0 Å². The second-order valence-electron chi connectivity index (χ2n) is 5.39. The Balaban J connectivity index is 0.000000234. The first-order valence-corrected chi connectivity index (χ1v) is 7.30. The van der Waals surface area contributed by atoms with Crippen LogP contribution in [-0.4, -0.2) is 0 Å². The van der Waals surface area contributed by atoms with E-state index in [0.29, 0.717) is 0 Å². The molecule has 0 saturated carbocycles. The minimum Gasteiger partial charge on any atom is -0.0776 e. The molecule has 22 heavy (non-hydrogen) atoms. The van der Waals surface area contributed by atoms with E-state index in [-0.39, 0.29) is 7.43 Å². The van der Waals surface area contributed by atoms with Gasteiger partial charge in [-0.05, 0) is 31.9 Å². The van der Waals surface area contributed by atoms with Crippen LogP contribution in [0.5, 0.6) is 0 Å². The first-order valence-electron chi connectivity index (χ1n) is 7.30. The molecule has 0 spiro atoms. The third-order valence-electron chi connectivity index (χ3n) is 3.33. The standard InChI is InChI=1S/C13H12.C8H10.CH4/c1-11-7-9-13(10-8-11)12-5-3-2-4-6-12;1-7-4-3-5-8(2)6-7;/h2-10H,1H3;3-6H,1-2H3;1H4. The molecule has 114 valence electrons. The van der Waals surface area contributed by atoms with Gasteiger partial charge in [-0.2, -0.15) is 0 Å². The van der Waals surface area contributed by atoms with Gasteiger partial charge < -0.3 is 0 Å². The fourth-order valence-electron chi connectivity index (χ4n) is 2.18. The van der Waals surface area contributed by atoms with Gasteiger partial charge in [-0.25, -0.2) is 0 Å². The zero-order valence-corrected chi connectivity index (χ0v) is 13.0. The molecule has 0 fully saturated rings. The van der Waals surface area contributed by atoms with Crippen molar-refractivity contribution in [3.05, 3.63) is 95.6 Å². The molecule has 0 radical (unpaired) electrons. The van der Waals surface area contributed by atoms with Crippen LogP contribution < -0.4 is 0 Å². The number of rotatable bonds is 1. The third-order valence-corrected chi connectivity index (χ3v) is 3.33. The molecule has 0 nitrogen and oxygen atoms in total. The molecular formula is C22H26. The molecule has 0 aromatic heterocycles. The Morgan fingerprint density at radius 3 is 1.41 bits per heavy atom. The van der Waals surface area contributed by atoms with Crippen molar-refractivity contribution in [2.75, 3.05) is 0 Å². The van der Waals surface area contributed by atoms with E-state index in [1.807, 2.05) is 6.07 Å². The summed E-state index contributed by atoms with van der Waals surface area (Å²) in [6, 6.07) is 27.5. The normalized spacial score (nSPS) is 9.23. The molecule has 0 aliphatic heterocycles. The fraction of sp³-hybridized carbons (Fsp3) is 0.182. The predicted molar refractivity (Wildman–Crippen MR) is 99.3 cm³/mol. The largest absolute Gasteiger partial charge is 0.0776 e. The minimum absolute atomic E-state index is 0. The topological polar surface area (TPSA) is 0 Å². The van der Waals surface area contributed by atoms with Gasteiger partial charge in [0.05, 0.1) is 0 Å². The summed E-state index contributed by atoms with van der Waals surface area (Å²) in [5.41, 5.74) is 6.54.